The molecule has 4 aliphatic rings. The number of carbonyl (C=O) groups excluding carboxylic acids is 4. The van der Waals surface area contributed by atoms with Crippen molar-refractivity contribution in [2.75, 3.05) is 19.8 Å². The minimum absolute atomic E-state index is 0.00393. The first-order valence-corrected chi connectivity index (χ1v) is 14.8. The smallest absolute Gasteiger partial charge is 0.479 e. The number of fused-ring (bicyclic) bond motifs is 1. The number of aliphatic carboxylic acids is 1. The van der Waals surface area contributed by atoms with E-state index in [4.69, 9.17) is 19.0 Å². The molecule has 0 radical (unpaired) electrons. The second kappa shape index (κ2) is 13.0. The lowest BCUT2D eigenvalue weighted by Crippen LogP contribution is -2.57. The summed E-state index contributed by atoms with van der Waals surface area (Å²) in [4.78, 5) is 72.4. The summed E-state index contributed by atoms with van der Waals surface area (Å²) in [6.07, 6.45) is -1.25. The Kier molecular flexibility index (Phi) is 9.30. The molecule has 1 aromatic carbocycles. The molecule has 3 amide bonds. The van der Waals surface area contributed by atoms with Crippen LogP contribution in [0.15, 0.2) is 30.9 Å². The molecule has 244 valence electrons. The van der Waals surface area contributed by atoms with E-state index in [0.29, 0.717) is 24.2 Å². The van der Waals surface area contributed by atoms with Gasteiger partial charge in [0.2, 0.25) is 11.8 Å². The van der Waals surface area contributed by atoms with E-state index in [0.717, 1.165) is 0 Å². The zero-order valence-corrected chi connectivity index (χ0v) is 25.0. The molecule has 15 heteroatoms. The number of rotatable bonds is 10. The number of carbonyl (C=O) groups is 5. The van der Waals surface area contributed by atoms with Gasteiger partial charge in [0, 0.05) is 30.9 Å². The molecule has 3 unspecified atom stereocenters. The number of ether oxygens (including phenoxy) is 3. The van der Waals surface area contributed by atoms with Gasteiger partial charge in [-0.3, -0.25) is 14.5 Å². The predicted molar refractivity (Wildman–Crippen MR) is 151 cm³/mol. The van der Waals surface area contributed by atoms with Gasteiger partial charge in [0.25, 0.3) is 0 Å². The third-order valence-electron chi connectivity index (χ3n) is 8.68. The first-order valence-electron chi connectivity index (χ1n) is 14.8. The van der Waals surface area contributed by atoms with E-state index in [2.05, 4.69) is 17.4 Å². The lowest BCUT2D eigenvalue weighted by Gasteiger charge is -2.30. The maximum atomic E-state index is 14.3. The van der Waals surface area contributed by atoms with E-state index in [1.165, 1.54) is 21.9 Å². The molecule has 3 fully saturated rings. The maximum Gasteiger partial charge on any atom is 0.528 e. The number of nitrogens with zero attached hydrogens (tertiary/aromatic N) is 2. The molecule has 14 nitrogen and oxygen atoms in total. The summed E-state index contributed by atoms with van der Waals surface area (Å²) in [6.45, 7) is 7.64. The Morgan fingerprint density at radius 3 is 2.58 bits per heavy atom. The second-order valence-electron chi connectivity index (χ2n) is 12.1. The van der Waals surface area contributed by atoms with Gasteiger partial charge in [0.1, 0.15) is 35.6 Å². The summed E-state index contributed by atoms with van der Waals surface area (Å²) in [5, 5.41) is 12.4. The highest BCUT2D eigenvalue weighted by Crippen LogP contribution is 2.45. The third kappa shape index (κ3) is 6.73. The van der Waals surface area contributed by atoms with Gasteiger partial charge in [-0.05, 0) is 24.0 Å². The number of carboxylic acid groups (broad SMARTS) is 1. The lowest BCUT2D eigenvalue weighted by atomic mass is 10.0. The van der Waals surface area contributed by atoms with Crippen molar-refractivity contribution >= 4 is 30.0 Å². The molecule has 3 heterocycles. The van der Waals surface area contributed by atoms with Crippen molar-refractivity contribution in [3.05, 3.63) is 47.8 Å². The van der Waals surface area contributed by atoms with E-state index in [-0.39, 0.29) is 39.1 Å². The third-order valence-corrected chi connectivity index (χ3v) is 8.68. The van der Waals surface area contributed by atoms with Crippen LogP contribution in [0.5, 0.6) is 0 Å². The minimum atomic E-state index is -1.56. The molecule has 1 aliphatic carbocycles. The van der Waals surface area contributed by atoms with Gasteiger partial charge in [0.15, 0.2) is 0 Å². The molecular formula is C30H37FN4O10. The van der Waals surface area contributed by atoms with Crippen LogP contribution in [0, 0.1) is 17.7 Å². The largest absolute Gasteiger partial charge is 0.528 e. The number of carboxylic acids is 1. The molecule has 3 aliphatic heterocycles. The van der Waals surface area contributed by atoms with E-state index in [1.807, 2.05) is 0 Å². The Morgan fingerprint density at radius 1 is 1.18 bits per heavy atom. The highest BCUT2D eigenvalue weighted by molar-refractivity contribution is 5.95. The number of likely N-dealkylation sites (tertiary alicyclic amines) is 1. The normalized spacial score (nSPS) is 27.5. The Morgan fingerprint density at radius 2 is 1.96 bits per heavy atom. The van der Waals surface area contributed by atoms with Crippen molar-refractivity contribution in [3.8, 4) is 0 Å². The van der Waals surface area contributed by atoms with Crippen LogP contribution in [0.2, 0.25) is 0 Å². The second-order valence-corrected chi connectivity index (χ2v) is 12.1. The fourth-order valence-corrected chi connectivity index (χ4v) is 5.95. The van der Waals surface area contributed by atoms with Gasteiger partial charge < -0.3 is 34.4 Å². The number of hydrogen-bond acceptors (Lipinski definition) is 10. The number of amides is 3. The molecule has 0 spiro atoms. The topological polar surface area (TPSA) is 173 Å². The molecule has 3 N–H and O–H groups in total. The number of hydrogen-bond donors (Lipinski definition) is 3. The van der Waals surface area contributed by atoms with Crippen LogP contribution in [0.1, 0.15) is 44.2 Å². The van der Waals surface area contributed by atoms with E-state index in [1.54, 1.807) is 26.0 Å². The van der Waals surface area contributed by atoms with Crippen LogP contribution in [-0.2, 0) is 46.5 Å². The van der Waals surface area contributed by atoms with Crippen molar-refractivity contribution in [1.82, 2.24) is 20.6 Å². The standard InChI is InChI=1S/C30H37FN4O10/c1-4-18-11-30(18,27(38)39)32-25(36)23-10-20(43-28(40)34-12-17-6-5-7-22(31)21(17)14-34)13-35(23)26(37)24(16(2)3)33-45-29(41)44-19-8-9-42-15-19/h4-7,16,18-20,23-24,33H,1,8-15H2,2-3H3,(H,32,36)(H,38,39)/t18-,19?,20-,23+,24?,30?/m1/s1. The van der Waals surface area contributed by atoms with E-state index < -0.39 is 77.5 Å². The van der Waals surface area contributed by atoms with Gasteiger partial charge >= 0.3 is 18.2 Å². The van der Waals surface area contributed by atoms with Crippen LogP contribution in [-0.4, -0.2) is 94.5 Å². The number of hydroxylamine groups is 1. The molecule has 5 rings (SSSR count). The van der Waals surface area contributed by atoms with E-state index in [9.17, 15) is 33.5 Å². The minimum Gasteiger partial charge on any atom is -0.479 e. The van der Waals surface area contributed by atoms with E-state index >= 15 is 0 Å². The summed E-state index contributed by atoms with van der Waals surface area (Å²) < 4.78 is 30.3. The van der Waals surface area contributed by atoms with Crippen LogP contribution >= 0.6 is 0 Å². The SMILES string of the molecule is C=C[C@@H]1CC1(NC(=O)[C@@H]1C[C@@H](OC(=O)N2Cc3cccc(F)c3C2)CN1C(=O)C(NOC(=O)OC1CCOC1)C(C)C)C(=O)O. The van der Waals surface area contributed by atoms with Gasteiger partial charge in [-0.2, -0.15) is 0 Å². The zero-order valence-electron chi connectivity index (χ0n) is 25.0. The molecule has 0 bridgehead atoms. The van der Waals surface area contributed by atoms with Crippen LogP contribution in [0.25, 0.3) is 0 Å². The monoisotopic (exact) mass is 632 g/mol. The Bertz CT molecular complexity index is 1370. The molecule has 1 saturated carbocycles. The first kappa shape index (κ1) is 32.2. The highest BCUT2D eigenvalue weighted by Gasteiger charge is 2.61. The molecule has 0 aromatic heterocycles. The summed E-state index contributed by atoms with van der Waals surface area (Å²) in [6, 6.07) is 2.24. The summed E-state index contributed by atoms with van der Waals surface area (Å²) >= 11 is 0. The summed E-state index contributed by atoms with van der Waals surface area (Å²) in [7, 11) is 0. The molecule has 1 aromatic rings. The van der Waals surface area contributed by atoms with Gasteiger partial charge in [-0.15, -0.1) is 12.1 Å². The zero-order chi connectivity index (χ0) is 32.5. The fourth-order valence-electron chi connectivity index (χ4n) is 5.95. The fraction of sp³-hybridized carbons (Fsp3) is 0.567. The van der Waals surface area contributed by atoms with Crippen molar-refractivity contribution in [2.45, 2.75) is 76.0 Å². The molecule has 6 atom stereocenters. The average molecular weight is 633 g/mol. The maximum absolute atomic E-state index is 14.3. The number of nitrogens with one attached hydrogen (secondary N) is 2. The number of benzene rings is 1. The van der Waals surface area contributed by atoms with Crippen LogP contribution in [0.3, 0.4) is 0 Å². The van der Waals surface area contributed by atoms with Crippen molar-refractivity contribution in [3.63, 3.8) is 0 Å². The Balaban J connectivity index is 1.29. The summed E-state index contributed by atoms with van der Waals surface area (Å²) in [5.74, 6) is -3.99. The van der Waals surface area contributed by atoms with Crippen molar-refractivity contribution in [1.29, 1.82) is 0 Å². The molecule has 45 heavy (non-hydrogen) atoms. The Hall–Kier alpha value is -4.24. The molecule has 2 saturated heterocycles. The Labute approximate surface area is 258 Å². The van der Waals surface area contributed by atoms with Crippen molar-refractivity contribution in [2.24, 2.45) is 11.8 Å². The van der Waals surface area contributed by atoms with Crippen LogP contribution in [0.4, 0.5) is 14.0 Å². The van der Waals surface area contributed by atoms with Gasteiger partial charge in [-0.1, -0.05) is 32.1 Å². The van der Waals surface area contributed by atoms with Gasteiger partial charge in [-0.25, -0.2) is 18.8 Å². The van der Waals surface area contributed by atoms with Gasteiger partial charge in [0.05, 0.1) is 26.3 Å². The highest BCUT2D eigenvalue weighted by atomic mass is 19.1. The predicted octanol–water partition coefficient (Wildman–Crippen LogP) is 1.86. The summed E-state index contributed by atoms with van der Waals surface area (Å²) in [5.41, 5.74) is 1.93. The quantitative estimate of drug-likeness (QED) is 0.195. The first-order chi connectivity index (χ1) is 21.4. The number of halogens is 1. The van der Waals surface area contributed by atoms with Crippen molar-refractivity contribution < 1.29 is 52.5 Å². The average Bonchev–Trinajstić information content (AvgIpc) is 3.39. The lowest BCUT2D eigenvalue weighted by molar-refractivity contribution is -0.147. The molecular weight excluding hydrogens is 595 g/mol. The van der Waals surface area contributed by atoms with Crippen LogP contribution < -0.4 is 10.8 Å².